The maximum atomic E-state index is 13.1. The molecule has 1 atom stereocenters. The molecule has 1 unspecified atom stereocenters. The third kappa shape index (κ3) is 6.49. The standard InChI is InChI=1S/C33H39N7O3/c1-33(2,3)25-10-6-23(7-11-25)31(41)36-27-5-4-15-39(21-27)28-22-40-16-14-34-30(40)29(37-28)35-26-12-8-24(9-13-26)32(42)38-17-19-43-20-18-38/h6-14,16,22,27H,4-5,15,17-21H2,1-3H3,(H,35,37)(H,36,41). The van der Waals surface area contributed by atoms with Crippen molar-refractivity contribution >= 4 is 34.8 Å². The number of benzene rings is 2. The largest absolute Gasteiger partial charge is 0.378 e. The molecule has 2 fully saturated rings. The molecule has 2 aromatic heterocycles. The molecule has 0 radical (unpaired) electrons. The van der Waals surface area contributed by atoms with Crippen LogP contribution in [-0.4, -0.2) is 76.5 Å². The van der Waals surface area contributed by atoms with Gasteiger partial charge in [-0.15, -0.1) is 0 Å². The molecule has 4 heterocycles. The second kappa shape index (κ2) is 12.0. The molecule has 4 aromatic rings. The second-order valence-electron chi connectivity index (χ2n) is 12.3. The molecule has 2 aliphatic heterocycles. The molecule has 2 aromatic carbocycles. The van der Waals surface area contributed by atoms with Crippen molar-refractivity contribution < 1.29 is 14.3 Å². The highest BCUT2D eigenvalue weighted by Gasteiger charge is 2.25. The predicted octanol–water partition coefficient (Wildman–Crippen LogP) is 4.64. The molecular weight excluding hydrogens is 542 g/mol. The van der Waals surface area contributed by atoms with Crippen LogP contribution in [0.5, 0.6) is 0 Å². The zero-order valence-electron chi connectivity index (χ0n) is 25.0. The molecule has 2 N–H and O–H groups in total. The lowest BCUT2D eigenvalue weighted by atomic mass is 9.86. The van der Waals surface area contributed by atoms with Crippen LogP contribution in [0.1, 0.15) is 59.9 Å². The summed E-state index contributed by atoms with van der Waals surface area (Å²) in [7, 11) is 0. The molecule has 224 valence electrons. The highest BCUT2D eigenvalue weighted by atomic mass is 16.5. The van der Waals surface area contributed by atoms with Gasteiger partial charge in [0.25, 0.3) is 11.8 Å². The maximum Gasteiger partial charge on any atom is 0.254 e. The molecule has 2 aliphatic rings. The molecular formula is C33H39N7O3. The summed E-state index contributed by atoms with van der Waals surface area (Å²) < 4.78 is 7.32. The summed E-state index contributed by atoms with van der Waals surface area (Å²) in [5.74, 6) is 1.39. The van der Waals surface area contributed by atoms with Gasteiger partial charge >= 0.3 is 0 Å². The molecule has 2 saturated heterocycles. The number of amides is 2. The van der Waals surface area contributed by atoms with Crippen molar-refractivity contribution in [3.05, 3.63) is 83.8 Å². The highest BCUT2D eigenvalue weighted by Crippen LogP contribution is 2.26. The van der Waals surface area contributed by atoms with Crippen molar-refractivity contribution in [2.24, 2.45) is 0 Å². The number of hydrogen-bond acceptors (Lipinski definition) is 7. The van der Waals surface area contributed by atoms with Gasteiger partial charge in [0.1, 0.15) is 5.82 Å². The Bertz CT molecular complexity index is 1590. The number of rotatable bonds is 6. The first-order valence-corrected chi connectivity index (χ1v) is 15.0. The molecule has 0 saturated carbocycles. The summed E-state index contributed by atoms with van der Waals surface area (Å²) in [4.78, 5) is 39.4. The maximum absolute atomic E-state index is 13.1. The van der Waals surface area contributed by atoms with Crippen LogP contribution in [0.2, 0.25) is 0 Å². The molecule has 0 aliphatic carbocycles. The number of hydrogen-bond donors (Lipinski definition) is 2. The summed E-state index contributed by atoms with van der Waals surface area (Å²) in [5, 5.41) is 6.64. The Labute approximate surface area is 252 Å². The van der Waals surface area contributed by atoms with Crippen molar-refractivity contribution in [1.82, 2.24) is 24.6 Å². The molecule has 10 nitrogen and oxygen atoms in total. The highest BCUT2D eigenvalue weighted by molar-refractivity contribution is 5.95. The summed E-state index contributed by atoms with van der Waals surface area (Å²) in [5.41, 5.74) is 4.09. The Balaban J connectivity index is 1.15. The minimum atomic E-state index is -0.0526. The van der Waals surface area contributed by atoms with Crippen LogP contribution >= 0.6 is 0 Å². The van der Waals surface area contributed by atoms with Crippen molar-refractivity contribution in [2.75, 3.05) is 49.6 Å². The van der Waals surface area contributed by atoms with Gasteiger partial charge in [0.2, 0.25) is 0 Å². The number of carbonyl (C=O) groups is 2. The third-order valence-corrected chi connectivity index (χ3v) is 8.15. The zero-order valence-corrected chi connectivity index (χ0v) is 25.0. The van der Waals surface area contributed by atoms with Crippen LogP contribution in [0.3, 0.4) is 0 Å². The molecule has 6 rings (SSSR count). The van der Waals surface area contributed by atoms with Crippen molar-refractivity contribution in [3.8, 4) is 0 Å². The van der Waals surface area contributed by atoms with Crippen LogP contribution in [0.25, 0.3) is 5.65 Å². The quantitative estimate of drug-likeness (QED) is 0.342. The Kier molecular flexibility index (Phi) is 8.03. The average molecular weight is 582 g/mol. The van der Waals surface area contributed by atoms with E-state index in [1.165, 1.54) is 5.56 Å². The van der Waals surface area contributed by atoms with Crippen molar-refractivity contribution in [2.45, 2.75) is 45.1 Å². The molecule has 10 heteroatoms. The van der Waals surface area contributed by atoms with E-state index in [4.69, 9.17) is 9.72 Å². The van der Waals surface area contributed by atoms with Crippen molar-refractivity contribution in [3.63, 3.8) is 0 Å². The Hall–Kier alpha value is -4.44. The fourth-order valence-corrected chi connectivity index (χ4v) is 5.63. The van der Waals surface area contributed by atoms with E-state index >= 15 is 0 Å². The first-order valence-electron chi connectivity index (χ1n) is 15.0. The van der Waals surface area contributed by atoms with Gasteiger partial charge in [-0.25, -0.2) is 9.97 Å². The number of ether oxygens (including phenoxy) is 1. The number of imidazole rings is 1. The first kappa shape index (κ1) is 28.7. The number of aromatic nitrogens is 3. The topological polar surface area (TPSA) is 104 Å². The van der Waals surface area contributed by atoms with Gasteiger partial charge in [-0.3, -0.25) is 9.59 Å². The number of nitrogens with one attached hydrogen (secondary N) is 2. The lowest BCUT2D eigenvalue weighted by Gasteiger charge is -2.34. The molecule has 0 bridgehead atoms. The molecule has 2 amide bonds. The minimum absolute atomic E-state index is 0.0109. The summed E-state index contributed by atoms with van der Waals surface area (Å²) in [6.07, 6.45) is 7.49. The van der Waals surface area contributed by atoms with Gasteiger partial charge in [-0.1, -0.05) is 32.9 Å². The molecule has 0 spiro atoms. The van der Waals surface area contributed by atoms with Gasteiger partial charge in [0, 0.05) is 61.4 Å². The van der Waals surface area contributed by atoms with Gasteiger partial charge in [0.15, 0.2) is 11.5 Å². The van der Waals surface area contributed by atoms with Gasteiger partial charge in [0.05, 0.1) is 19.4 Å². The number of carbonyl (C=O) groups excluding carboxylic acids is 2. The van der Waals surface area contributed by atoms with Crippen molar-refractivity contribution in [1.29, 1.82) is 0 Å². The fraction of sp³-hybridized carbons (Fsp3) is 0.394. The van der Waals surface area contributed by atoms with Gasteiger partial charge in [-0.05, 0) is 60.2 Å². The monoisotopic (exact) mass is 581 g/mol. The average Bonchev–Trinajstić information content (AvgIpc) is 3.51. The predicted molar refractivity (Wildman–Crippen MR) is 167 cm³/mol. The normalized spacial score (nSPS) is 17.6. The second-order valence-corrected chi connectivity index (χ2v) is 12.3. The molecule has 43 heavy (non-hydrogen) atoms. The van der Waals surface area contributed by atoms with Crippen LogP contribution in [-0.2, 0) is 10.2 Å². The van der Waals surface area contributed by atoms with E-state index in [1.54, 1.807) is 6.20 Å². The Morgan fingerprint density at radius 1 is 0.953 bits per heavy atom. The SMILES string of the molecule is CC(C)(C)c1ccc(C(=O)NC2CCCN(c3cn4ccnc4c(Nc4ccc(C(=O)N5CCOCC5)cc4)n3)C2)cc1. The van der Waals surface area contributed by atoms with E-state index in [1.807, 2.05) is 70.2 Å². The lowest BCUT2D eigenvalue weighted by molar-refractivity contribution is 0.0303. The smallest absolute Gasteiger partial charge is 0.254 e. The first-order chi connectivity index (χ1) is 20.7. The van der Waals surface area contributed by atoms with E-state index in [9.17, 15) is 9.59 Å². The van der Waals surface area contributed by atoms with Crippen LogP contribution in [0.15, 0.2) is 67.1 Å². The Morgan fingerprint density at radius 2 is 1.67 bits per heavy atom. The van der Waals surface area contributed by atoms with E-state index in [0.717, 1.165) is 30.9 Å². The number of nitrogens with zero attached hydrogens (tertiary/aromatic N) is 5. The van der Waals surface area contributed by atoms with E-state index in [0.29, 0.717) is 55.4 Å². The van der Waals surface area contributed by atoms with Crippen LogP contribution < -0.4 is 15.5 Å². The number of fused-ring (bicyclic) bond motifs is 1. The summed E-state index contributed by atoms with van der Waals surface area (Å²) in [6.45, 7) is 10.4. The third-order valence-electron chi connectivity index (χ3n) is 8.15. The number of morpholine rings is 1. The van der Waals surface area contributed by atoms with Gasteiger partial charge < -0.3 is 29.6 Å². The zero-order chi connectivity index (χ0) is 30.0. The number of anilines is 3. The number of piperidine rings is 1. The minimum Gasteiger partial charge on any atom is -0.378 e. The lowest BCUT2D eigenvalue weighted by Crippen LogP contribution is -2.48. The van der Waals surface area contributed by atoms with E-state index < -0.39 is 0 Å². The van der Waals surface area contributed by atoms with Crippen LogP contribution in [0, 0.1) is 0 Å². The van der Waals surface area contributed by atoms with E-state index in [2.05, 4.69) is 41.3 Å². The summed E-state index contributed by atoms with van der Waals surface area (Å²) in [6, 6.07) is 15.4. The van der Waals surface area contributed by atoms with Gasteiger partial charge in [-0.2, -0.15) is 0 Å². The van der Waals surface area contributed by atoms with Crippen LogP contribution in [0.4, 0.5) is 17.3 Å². The van der Waals surface area contributed by atoms with E-state index in [-0.39, 0.29) is 23.3 Å². The Morgan fingerprint density at radius 3 is 2.40 bits per heavy atom. The fourth-order valence-electron chi connectivity index (χ4n) is 5.63. The summed E-state index contributed by atoms with van der Waals surface area (Å²) >= 11 is 0.